The first kappa shape index (κ1) is 24.5. The number of rotatable bonds is 5. The Labute approximate surface area is 202 Å². The molecule has 0 unspecified atom stereocenters. The number of hydrogen-bond donors (Lipinski definition) is 0. The van der Waals surface area contributed by atoms with Crippen molar-refractivity contribution in [2.24, 2.45) is 0 Å². The molecule has 0 aliphatic carbocycles. The molecule has 2 heterocycles. The summed E-state index contributed by atoms with van der Waals surface area (Å²) in [5.74, 6) is -2.65. The van der Waals surface area contributed by atoms with Crippen molar-refractivity contribution >= 4 is 22.8 Å². The van der Waals surface area contributed by atoms with Gasteiger partial charge < -0.3 is 14.0 Å². The Kier molecular flexibility index (Phi) is 6.27. The molecule has 12 heteroatoms. The van der Waals surface area contributed by atoms with E-state index < -0.39 is 57.3 Å². The number of nitrogens with zero attached hydrogens (tertiary/aromatic N) is 4. The molecule has 0 spiro atoms. The fraction of sp³-hybridized carbons (Fsp3) is 0.208. The highest BCUT2D eigenvalue weighted by Gasteiger charge is 2.29. The molecular formula is C24H20F2N4O6. The molecule has 0 atom stereocenters. The Morgan fingerprint density at radius 2 is 1.81 bits per heavy atom. The highest BCUT2D eigenvalue weighted by Crippen LogP contribution is 2.35. The van der Waals surface area contributed by atoms with E-state index >= 15 is 4.39 Å². The maximum atomic E-state index is 15.1. The van der Waals surface area contributed by atoms with Crippen molar-refractivity contribution in [1.29, 1.82) is 0 Å². The lowest BCUT2D eigenvalue weighted by molar-refractivity contribution is -0.386. The summed E-state index contributed by atoms with van der Waals surface area (Å²) < 4.78 is 42.7. The summed E-state index contributed by atoms with van der Waals surface area (Å²) in [6.07, 6.45) is 0.196. The maximum absolute atomic E-state index is 15.1. The van der Waals surface area contributed by atoms with Crippen molar-refractivity contribution < 1.29 is 28.0 Å². The molecule has 2 aromatic heterocycles. The first-order valence-corrected chi connectivity index (χ1v) is 10.7. The van der Waals surface area contributed by atoms with E-state index in [1.807, 2.05) is 0 Å². The van der Waals surface area contributed by atoms with Crippen LogP contribution in [0, 0.1) is 21.7 Å². The molecule has 4 aromatic rings. The van der Waals surface area contributed by atoms with E-state index in [0.29, 0.717) is 6.07 Å². The topological polar surface area (TPSA) is 118 Å². The average molecular weight is 498 g/mol. The molecule has 0 aliphatic heterocycles. The molecule has 2 aromatic carbocycles. The first-order valence-electron chi connectivity index (χ1n) is 10.7. The van der Waals surface area contributed by atoms with Gasteiger partial charge in [0, 0.05) is 18.3 Å². The maximum Gasteiger partial charge on any atom is 0.420 e. The van der Waals surface area contributed by atoms with Crippen LogP contribution in [0.5, 0.6) is 11.5 Å². The largest absolute Gasteiger partial charge is 0.452 e. The highest BCUT2D eigenvalue weighted by molar-refractivity contribution is 5.91. The van der Waals surface area contributed by atoms with Crippen LogP contribution < -0.4 is 10.3 Å². The first-order chi connectivity index (χ1) is 17.0. The molecule has 0 N–H and O–H groups in total. The molecule has 186 valence electrons. The molecule has 0 aliphatic rings. The Morgan fingerprint density at radius 1 is 1.11 bits per heavy atom. The lowest BCUT2D eigenvalue weighted by atomic mass is 10.2. The van der Waals surface area contributed by atoms with Crippen LogP contribution in [0.25, 0.3) is 11.0 Å². The number of fused-ring (bicyclic) bond motifs is 1. The summed E-state index contributed by atoms with van der Waals surface area (Å²) in [6.45, 7) is 4.29. The van der Waals surface area contributed by atoms with Gasteiger partial charge >= 0.3 is 17.3 Å². The van der Waals surface area contributed by atoms with Gasteiger partial charge in [0.2, 0.25) is 0 Å². The number of imidazole rings is 1. The Balaban J connectivity index is 1.95. The normalized spacial score (nSPS) is 11.5. The number of carbonyl (C=O) groups is 1. The Bertz CT molecular complexity index is 1540. The van der Waals surface area contributed by atoms with Crippen molar-refractivity contribution in [1.82, 2.24) is 14.1 Å². The van der Waals surface area contributed by atoms with Crippen molar-refractivity contribution in [3.05, 3.63) is 92.7 Å². The molecule has 0 amide bonds. The summed E-state index contributed by atoms with van der Waals surface area (Å²) in [5, 5.41) is 11.2. The lowest BCUT2D eigenvalue weighted by Crippen LogP contribution is -2.30. The monoisotopic (exact) mass is 498 g/mol. The van der Waals surface area contributed by atoms with E-state index in [-0.39, 0.29) is 17.1 Å². The molecule has 0 radical (unpaired) electrons. The third-order valence-corrected chi connectivity index (χ3v) is 4.91. The van der Waals surface area contributed by atoms with Crippen LogP contribution in [0.4, 0.5) is 19.3 Å². The summed E-state index contributed by atoms with van der Waals surface area (Å²) in [7, 11) is 0. The average Bonchev–Trinajstić information content (AvgIpc) is 3.17. The summed E-state index contributed by atoms with van der Waals surface area (Å²) >= 11 is 0. The zero-order chi connectivity index (χ0) is 26.2. The number of carbonyl (C=O) groups excluding carboxylic acids is 1. The van der Waals surface area contributed by atoms with Crippen LogP contribution in [-0.4, -0.2) is 30.7 Å². The van der Waals surface area contributed by atoms with Gasteiger partial charge in [0.05, 0.1) is 11.5 Å². The van der Waals surface area contributed by atoms with Gasteiger partial charge in [-0.05, 0) is 39.0 Å². The third-order valence-electron chi connectivity index (χ3n) is 4.91. The van der Waals surface area contributed by atoms with E-state index in [2.05, 4.69) is 4.98 Å². The molecule has 0 bridgehead atoms. The summed E-state index contributed by atoms with van der Waals surface area (Å²) in [5.41, 5.74) is -3.45. The Morgan fingerprint density at radius 3 is 2.44 bits per heavy atom. The number of halogens is 2. The number of aromatic nitrogens is 3. The standard InChI is InChI=1S/C24H20F2N4O6/c1-24(2,3)36-23(32)29-18(13-28-11-7-10-17(22(28)31)30(33)34)27-19-20(29)15(25)12-16(26)21(19)35-14-8-5-4-6-9-14/h4-12H,13H2,1-3H3. The van der Waals surface area contributed by atoms with Crippen LogP contribution in [-0.2, 0) is 11.3 Å². The van der Waals surface area contributed by atoms with Gasteiger partial charge in [-0.2, -0.15) is 0 Å². The zero-order valence-corrected chi connectivity index (χ0v) is 19.4. The summed E-state index contributed by atoms with van der Waals surface area (Å²) in [6, 6.07) is 10.9. The zero-order valence-electron chi connectivity index (χ0n) is 19.4. The third kappa shape index (κ3) is 4.78. The van der Waals surface area contributed by atoms with Gasteiger partial charge in [0.15, 0.2) is 17.4 Å². The minimum Gasteiger partial charge on any atom is -0.452 e. The predicted octanol–water partition coefficient (Wildman–Crippen LogP) is 5.01. The smallest absolute Gasteiger partial charge is 0.420 e. The van der Waals surface area contributed by atoms with Crippen molar-refractivity contribution in [2.45, 2.75) is 32.9 Å². The second kappa shape index (κ2) is 9.21. The minimum atomic E-state index is -1.13. The van der Waals surface area contributed by atoms with Crippen LogP contribution in [0.1, 0.15) is 26.6 Å². The number of ether oxygens (including phenoxy) is 2. The number of pyridine rings is 1. The fourth-order valence-electron chi connectivity index (χ4n) is 3.46. The Hall–Kier alpha value is -4.61. The SMILES string of the molecule is CC(C)(C)OC(=O)n1c(Cn2cccc([N+](=O)[O-])c2=O)nc2c(Oc3ccccc3)c(F)cc(F)c21. The second-order valence-electron chi connectivity index (χ2n) is 8.71. The quantitative estimate of drug-likeness (QED) is 0.280. The lowest BCUT2D eigenvalue weighted by Gasteiger charge is -2.20. The summed E-state index contributed by atoms with van der Waals surface area (Å²) in [4.78, 5) is 40.3. The van der Waals surface area contributed by atoms with E-state index in [1.165, 1.54) is 12.3 Å². The van der Waals surface area contributed by atoms with Gasteiger partial charge in [-0.25, -0.2) is 23.1 Å². The molecule has 10 nitrogen and oxygen atoms in total. The molecule has 4 rings (SSSR count). The van der Waals surface area contributed by atoms with Gasteiger partial charge in [-0.15, -0.1) is 0 Å². The van der Waals surface area contributed by atoms with Crippen LogP contribution in [0.3, 0.4) is 0 Å². The molecule has 36 heavy (non-hydrogen) atoms. The molecule has 0 saturated heterocycles. The van der Waals surface area contributed by atoms with E-state index in [0.717, 1.165) is 15.2 Å². The van der Waals surface area contributed by atoms with Crippen molar-refractivity contribution in [3.8, 4) is 11.5 Å². The van der Waals surface area contributed by atoms with Crippen LogP contribution >= 0.6 is 0 Å². The molecule has 0 fully saturated rings. The van der Waals surface area contributed by atoms with E-state index in [1.54, 1.807) is 51.1 Å². The van der Waals surface area contributed by atoms with Crippen LogP contribution in [0.2, 0.25) is 0 Å². The van der Waals surface area contributed by atoms with Gasteiger partial charge in [-0.1, -0.05) is 18.2 Å². The molecule has 0 saturated carbocycles. The minimum absolute atomic E-state index is 0.229. The molecular weight excluding hydrogens is 478 g/mol. The van der Waals surface area contributed by atoms with E-state index in [9.17, 15) is 24.1 Å². The van der Waals surface area contributed by atoms with Crippen molar-refractivity contribution in [2.75, 3.05) is 0 Å². The van der Waals surface area contributed by atoms with Crippen molar-refractivity contribution in [3.63, 3.8) is 0 Å². The number of hydrogen-bond acceptors (Lipinski definition) is 7. The van der Waals surface area contributed by atoms with E-state index in [4.69, 9.17) is 9.47 Å². The van der Waals surface area contributed by atoms with Gasteiger partial charge in [0.25, 0.3) is 0 Å². The van der Waals surface area contributed by atoms with Gasteiger partial charge in [-0.3, -0.25) is 14.9 Å². The predicted molar refractivity (Wildman–Crippen MR) is 124 cm³/mol. The number of nitro groups is 1. The van der Waals surface area contributed by atoms with Gasteiger partial charge in [0.1, 0.15) is 28.2 Å². The highest BCUT2D eigenvalue weighted by atomic mass is 19.1. The fourth-order valence-corrected chi connectivity index (χ4v) is 3.46. The number of benzene rings is 2. The number of para-hydroxylation sites is 1. The second-order valence-corrected chi connectivity index (χ2v) is 8.71. The van der Waals surface area contributed by atoms with Crippen LogP contribution in [0.15, 0.2) is 59.5 Å².